The average molecular weight is 364 g/mol. The van der Waals surface area contributed by atoms with E-state index in [0.717, 1.165) is 17.0 Å². The number of nitrogens with one attached hydrogen (secondary N) is 1. The van der Waals surface area contributed by atoms with Crippen LogP contribution in [-0.4, -0.2) is 34.9 Å². The first kappa shape index (κ1) is 17.1. The van der Waals surface area contributed by atoms with E-state index in [-0.39, 0.29) is 18.4 Å². The van der Waals surface area contributed by atoms with Crippen LogP contribution in [0.4, 0.5) is 11.4 Å². The minimum atomic E-state index is -0.117. The van der Waals surface area contributed by atoms with Crippen LogP contribution in [0.2, 0.25) is 0 Å². The molecular weight excluding hydrogens is 344 g/mol. The number of fused-ring (bicyclic) bond motifs is 2. The highest BCUT2D eigenvalue weighted by molar-refractivity contribution is 5.99. The number of imidazole rings is 1. The summed E-state index contributed by atoms with van der Waals surface area (Å²) in [5.74, 6) is 0.427. The van der Waals surface area contributed by atoms with Crippen molar-refractivity contribution in [3.05, 3.63) is 54.0 Å². The van der Waals surface area contributed by atoms with Gasteiger partial charge < -0.3 is 19.4 Å². The number of hydrogen-bond acceptors (Lipinski definition) is 4. The Morgan fingerprint density at radius 3 is 3.00 bits per heavy atom. The highest BCUT2D eigenvalue weighted by Crippen LogP contribution is 2.33. The van der Waals surface area contributed by atoms with Crippen molar-refractivity contribution >= 4 is 28.8 Å². The molecule has 7 heteroatoms. The van der Waals surface area contributed by atoms with Crippen molar-refractivity contribution in [3.63, 3.8) is 0 Å². The van der Waals surface area contributed by atoms with E-state index in [9.17, 15) is 9.59 Å². The van der Waals surface area contributed by atoms with Gasteiger partial charge in [-0.1, -0.05) is 6.07 Å². The second kappa shape index (κ2) is 6.75. The van der Waals surface area contributed by atoms with Crippen molar-refractivity contribution in [3.8, 4) is 5.75 Å². The third-order valence-electron chi connectivity index (χ3n) is 4.75. The molecule has 0 fully saturated rings. The fourth-order valence-electron chi connectivity index (χ4n) is 3.27. The van der Waals surface area contributed by atoms with Gasteiger partial charge in [-0.05, 0) is 43.7 Å². The number of benzene rings is 1. The lowest BCUT2D eigenvalue weighted by atomic mass is 10.2. The molecule has 4 rings (SSSR count). The molecule has 3 aromatic rings. The first-order chi connectivity index (χ1) is 13.0. The zero-order chi connectivity index (χ0) is 19.0. The Hall–Kier alpha value is -3.35. The predicted octanol–water partition coefficient (Wildman–Crippen LogP) is 2.57. The Morgan fingerprint density at radius 2 is 2.15 bits per heavy atom. The van der Waals surface area contributed by atoms with Crippen LogP contribution in [-0.2, 0) is 16.0 Å². The molecule has 0 saturated carbocycles. The molecule has 3 heterocycles. The highest BCUT2D eigenvalue weighted by atomic mass is 16.5. The number of aromatic nitrogens is 2. The third kappa shape index (κ3) is 3.23. The molecule has 27 heavy (non-hydrogen) atoms. The molecule has 0 unspecified atom stereocenters. The fourth-order valence-corrected chi connectivity index (χ4v) is 3.27. The van der Waals surface area contributed by atoms with E-state index in [2.05, 4.69) is 10.3 Å². The number of nitrogens with zero attached hydrogens (tertiary/aromatic N) is 3. The maximum absolute atomic E-state index is 12.4. The number of amides is 2. The van der Waals surface area contributed by atoms with E-state index >= 15 is 0 Å². The molecular formula is C20H20N4O3. The number of likely N-dealkylation sites (N-methyl/N-ethyl adjacent to an activating group) is 1. The van der Waals surface area contributed by atoms with Crippen LogP contribution in [0.1, 0.15) is 17.8 Å². The second-order valence-electron chi connectivity index (χ2n) is 6.54. The van der Waals surface area contributed by atoms with Crippen LogP contribution in [0.3, 0.4) is 0 Å². The zero-order valence-corrected chi connectivity index (χ0v) is 15.2. The van der Waals surface area contributed by atoms with E-state index in [1.807, 2.05) is 35.7 Å². The molecule has 1 aromatic carbocycles. The quantitative estimate of drug-likeness (QED) is 0.772. The van der Waals surface area contributed by atoms with Gasteiger partial charge in [-0.15, -0.1) is 0 Å². The maximum atomic E-state index is 12.4. The lowest BCUT2D eigenvalue weighted by molar-refractivity contribution is -0.121. The maximum Gasteiger partial charge on any atom is 0.264 e. The zero-order valence-electron chi connectivity index (χ0n) is 15.2. The summed E-state index contributed by atoms with van der Waals surface area (Å²) in [6, 6.07) is 11.1. The van der Waals surface area contributed by atoms with Gasteiger partial charge in [0.05, 0.1) is 11.4 Å². The van der Waals surface area contributed by atoms with Gasteiger partial charge in [-0.3, -0.25) is 9.59 Å². The van der Waals surface area contributed by atoms with E-state index in [4.69, 9.17) is 4.74 Å². The van der Waals surface area contributed by atoms with Gasteiger partial charge in [0.15, 0.2) is 6.61 Å². The van der Waals surface area contributed by atoms with Crippen LogP contribution in [0.15, 0.2) is 42.6 Å². The van der Waals surface area contributed by atoms with Crippen molar-refractivity contribution in [2.75, 3.05) is 23.9 Å². The molecule has 0 radical (unpaired) electrons. The summed E-state index contributed by atoms with van der Waals surface area (Å²) in [4.78, 5) is 30.2. The van der Waals surface area contributed by atoms with Crippen molar-refractivity contribution in [2.24, 2.45) is 0 Å². The van der Waals surface area contributed by atoms with Crippen molar-refractivity contribution in [2.45, 2.75) is 19.8 Å². The summed E-state index contributed by atoms with van der Waals surface area (Å²) in [5, 5.41) is 2.90. The summed E-state index contributed by atoms with van der Waals surface area (Å²) in [6.07, 6.45) is 2.89. The van der Waals surface area contributed by atoms with Gasteiger partial charge in [0.1, 0.15) is 11.4 Å². The van der Waals surface area contributed by atoms with Gasteiger partial charge in [-0.2, -0.15) is 0 Å². The average Bonchev–Trinajstić information content (AvgIpc) is 2.98. The van der Waals surface area contributed by atoms with Crippen LogP contribution in [0.5, 0.6) is 5.75 Å². The van der Waals surface area contributed by atoms with Gasteiger partial charge >= 0.3 is 0 Å². The van der Waals surface area contributed by atoms with E-state index in [0.29, 0.717) is 30.0 Å². The van der Waals surface area contributed by atoms with Gasteiger partial charge in [0.25, 0.3) is 5.91 Å². The molecule has 138 valence electrons. The standard InChI is InChI=1S/C20H20N4O3/c1-13-15(24-10-4-3-5-18(24)21-13)7-9-19(25)22-14-6-8-17-16(11-14)23(2)20(26)12-27-17/h3-6,8,10-11H,7,9,12H2,1-2H3,(H,22,25). The van der Waals surface area contributed by atoms with Crippen LogP contribution < -0.4 is 15.0 Å². The summed E-state index contributed by atoms with van der Waals surface area (Å²) in [5.41, 5.74) is 4.14. The van der Waals surface area contributed by atoms with Gasteiger partial charge in [0.2, 0.25) is 5.91 Å². The first-order valence-electron chi connectivity index (χ1n) is 8.79. The number of rotatable bonds is 4. The van der Waals surface area contributed by atoms with Crippen molar-refractivity contribution < 1.29 is 14.3 Å². The number of anilines is 2. The highest BCUT2D eigenvalue weighted by Gasteiger charge is 2.22. The molecule has 2 aromatic heterocycles. The molecule has 0 spiro atoms. The van der Waals surface area contributed by atoms with Crippen molar-refractivity contribution in [1.29, 1.82) is 0 Å². The number of carbonyl (C=O) groups is 2. The number of aryl methyl sites for hydroxylation is 2. The first-order valence-corrected chi connectivity index (χ1v) is 8.79. The minimum Gasteiger partial charge on any atom is -0.482 e. The Kier molecular flexibility index (Phi) is 4.27. The molecule has 0 bridgehead atoms. The Labute approximate surface area is 156 Å². The largest absolute Gasteiger partial charge is 0.482 e. The van der Waals surface area contributed by atoms with E-state index in [1.54, 1.807) is 25.2 Å². The smallest absolute Gasteiger partial charge is 0.264 e. The normalized spacial score (nSPS) is 13.4. The summed E-state index contributed by atoms with van der Waals surface area (Å²) >= 11 is 0. The summed E-state index contributed by atoms with van der Waals surface area (Å²) in [6.45, 7) is 1.99. The number of pyridine rings is 1. The van der Waals surface area contributed by atoms with E-state index < -0.39 is 0 Å². The number of hydrogen-bond donors (Lipinski definition) is 1. The lowest BCUT2D eigenvalue weighted by Crippen LogP contribution is -2.35. The molecule has 0 saturated heterocycles. The van der Waals surface area contributed by atoms with Gasteiger partial charge in [-0.25, -0.2) is 4.98 Å². The number of ether oxygens (including phenoxy) is 1. The Bertz CT molecular complexity index is 1040. The molecule has 0 aliphatic carbocycles. The molecule has 0 atom stereocenters. The number of carbonyl (C=O) groups excluding carboxylic acids is 2. The second-order valence-corrected chi connectivity index (χ2v) is 6.54. The lowest BCUT2D eigenvalue weighted by Gasteiger charge is -2.26. The fraction of sp³-hybridized carbons (Fsp3) is 0.250. The van der Waals surface area contributed by atoms with Gasteiger partial charge in [0, 0.05) is 31.0 Å². The summed E-state index contributed by atoms with van der Waals surface area (Å²) in [7, 11) is 1.70. The van der Waals surface area contributed by atoms with Crippen LogP contribution in [0, 0.1) is 6.92 Å². The third-order valence-corrected chi connectivity index (χ3v) is 4.75. The van der Waals surface area contributed by atoms with Crippen molar-refractivity contribution in [1.82, 2.24) is 9.38 Å². The van der Waals surface area contributed by atoms with Crippen LogP contribution in [0.25, 0.3) is 5.65 Å². The topological polar surface area (TPSA) is 75.9 Å². The van der Waals surface area contributed by atoms with Crippen LogP contribution >= 0.6 is 0 Å². The molecule has 7 nitrogen and oxygen atoms in total. The molecule has 1 aliphatic heterocycles. The minimum absolute atomic E-state index is 0.0356. The molecule has 2 amide bonds. The Morgan fingerprint density at radius 1 is 1.30 bits per heavy atom. The molecule has 1 N–H and O–H groups in total. The predicted molar refractivity (Wildman–Crippen MR) is 102 cm³/mol. The monoisotopic (exact) mass is 364 g/mol. The SMILES string of the molecule is Cc1nc2ccccn2c1CCC(=O)Nc1ccc2c(c1)N(C)C(=O)CO2. The summed E-state index contributed by atoms with van der Waals surface area (Å²) < 4.78 is 7.42. The molecule has 1 aliphatic rings. The van der Waals surface area contributed by atoms with E-state index in [1.165, 1.54) is 4.90 Å². The Balaban J connectivity index is 1.45.